The van der Waals surface area contributed by atoms with Gasteiger partial charge in [0.15, 0.2) is 11.5 Å². The number of hydrogen-bond donors (Lipinski definition) is 2. The number of benzene rings is 2. The fourth-order valence-corrected chi connectivity index (χ4v) is 3.22. The van der Waals surface area contributed by atoms with E-state index in [1.54, 1.807) is 26.6 Å². The number of fused-ring (bicyclic) bond motifs is 1. The van der Waals surface area contributed by atoms with Gasteiger partial charge in [0.1, 0.15) is 5.82 Å². The molecule has 4 aromatic rings. The highest BCUT2D eigenvalue weighted by atomic mass is 16.5. The van der Waals surface area contributed by atoms with Crippen LogP contribution in [0.25, 0.3) is 10.9 Å². The lowest BCUT2D eigenvalue weighted by molar-refractivity contribution is 0.356. The quantitative estimate of drug-likeness (QED) is 0.453. The number of aromatic nitrogens is 3. The maximum Gasteiger partial charge on any atom is 0.229 e. The van der Waals surface area contributed by atoms with Crippen LogP contribution in [0.4, 0.5) is 17.5 Å². The average Bonchev–Trinajstić information content (AvgIpc) is 2.79. The number of rotatable bonds is 7. The summed E-state index contributed by atoms with van der Waals surface area (Å²) < 4.78 is 10.9. The highest BCUT2D eigenvalue weighted by molar-refractivity contribution is 5.93. The normalized spacial score (nSPS) is 11.7. The number of hydrogen-bond acceptors (Lipinski definition) is 7. The van der Waals surface area contributed by atoms with Crippen LogP contribution in [0.3, 0.4) is 0 Å². The van der Waals surface area contributed by atoms with Crippen LogP contribution in [-0.4, -0.2) is 29.2 Å². The number of methoxy groups -OCH3 is 2. The van der Waals surface area contributed by atoms with Gasteiger partial charge in [-0.1, -0.05) is 30.3 Å². The highest BCUT2D eigenvalue weighted by Crippen LogP contribution is 2.35. The number of anilines is 3. The molecular formula is C23H23N5O2. The third-order valence-electron chi connectivity index (χ3n) is 4.79. The molecule has 0 saturated heterocycles. The summed E-state index contributed by atoms with van der Waals surface area (Å²) in [4.78, 5) is 13.5. The van der Waals surface area contributed by atoms with Crippen molar-refractivity contribution in [1.82, 2.24) is 15.0 Å². The molecule has 4 rings (SSSR count). The van der Waals surface area contributed by atoms with Crippen LogP contribution in [0.15, 0.2) is 67.0 Å². The summed E-state index contributed by atoms with van der Waals surface area (Å²) >= 11 is 0. The molecule has 152 valence electrons. The Hall–Kier alpha value is -3.87. The molecule has 7 nitrogen and oxygen atoms in total. The summed E-state index contributed by atoms with van der Waals surface area (Å²) in [5.41, 5.74) is 2.75. The third-order valence-corrected chi connectivity index (χ3v) is 4.79. The Morgan fingerprint density at radius 3 is 2.27 bits per heavy atom. The van der Waals surface area contributed by atoms with E-state index in [0.717, 1.165) is 22.2 Å². The Kier molecular flexibility index (Phi) is 5.61. The largest absolute Gasteiger partial charge is 0.493 e. The second-order valence-electron chi connectivity index (χ2n) is 6.76. The van der Waals surface area contributed by atoms with E-state index >= 15 is 0 Å². The van der Waals surface area contributed by atoms with Gasteiger partial charge in [0.2, 0.25) is 5.95 Å². The molecule has 0 aliphatic rings. The second-order valence-corrected chi connectivity index (χ2v) is 6.76. The van der Waals surface area contributed by atoms with Gasteiger partial charge in [-0.3, -0.25) is 4.98 Å². The van der Waals surface area contributed by atoms with Crippen LogP contribution < -0.4 is 20.1 Å². The van der Waals surface area contributed by atoms with Crippen LogP contribution in [0.2, 0.25) is 0 Å². The number of ether oxygens (including phenoxy) is 2. The first kappa shape index (κ1) is 19.4. The van der Waals surface area contributed by atoms with Crippen LogP contribution in [0.1, 0.15) is 18.5 Å². The Bertz CT molecular complexity index is 1140. The van der Waals surface area contributed by atoms with Gasteiger partial charge < -0.3 is 20.1 Å². The van der Waals surface area contributed by atoms with Crippen molar-refractivity contribution in [3.8, 4) is 11.5 Å². The smallest absolute Gasteiger partial charge is 0.229 e. The average molecular weight is 401 g/mol. The van der Waals surface area contributed by atoms with E-state index < -0.39 is 0 Å². The summed E-state index contributed by atoms with van der Waals surface area (Å²) in [6.45, 7) is 2.10. The fourth-order valence-electron chi connectivity index (χ4n) is 3.22. The minimum absolute atomic E-state index is 0.0474. The predicted molar refractivity (Wildman–Crippen MR) is 119 cm³/mol. The standard InChI is InChI=1S/C23H23N5O2/c1-15(16-7-5-4-6-8-16)25-22-18-13-20(29-2)21(30-3)14-19(18)27-23(28-22)26-17-9-11-24-12-10-17/h4-15H,1-3H3,(H2,24,25,26,27,28). The van der Waals surface area contributed by atoms with Crippen molar-refractivity contribution in [2.45, 2.75) is 13.0 Å². The number of pyridine rings is 1. The van der Waals surface area contributed by atoms with Crippen molar-refractivity contribution in [2.24, 2.45) is 0 Å². The molecule has 0 spiro atoms. The predicted octanol–water partition coefficient (Wildman–Crippen LogP) is 4.96. The molecule has 7 heteroatoms. The fraction of sp³-hybridized carbons (Fsp3) is 0.174. The molecule has 0 aliphatic carbocycles. The van der Waals surface area contributed by atoms with Crippen LogP contribution in [-0.2, 0) is 0 Å². The van der Waals surface area contributed by atoms with E-state index in [-0.39, 0.29) is 6.04 Å². The van der Waals surface area contributed by atoms with Crippen LogP contribution in [0, 0.1) is 0 Å². The van der Waals surface area contributed by atoms with Crippen LogP contribution >= 0.6 is 0 Å². The Labute approximate surface area is 175 Å². The molecule has 2 heterocycles. The van der Waals surface area contributed by atoms with Crippen LogP contribution in [0.5, 0.6) is 11.5 Å². The summed E-state index contributed by atoms with van der Waals surface area (Å²) in [5, 5.41) is 7.60. The zero-order valence-corrected chi connectivity index (χ0v) is 17.1. The number of nitrogens with one attached hydrogen (secondary N) is 2. The van der Waals surface area contributed by atoms with Gasteiger partial charge in [-0.25, -0.2) is 4.98 Å². The molecular weight excluding hydrogens is 378 g/mol. The van der Waals surface area contributed by atoms with E-state index in [9.17, 15) is 0 Å². The SMILES string of the molecule is COc1cc2nc(Nc3ccncc3)nc(NC(C)c3ccccc3)c2cc1OC. The Balaban J connectivity index is 1.79. The van der Waals surface area contributed by atoms with Gasteiger partial charge in [-0.15, -0.1) is 0 Å². The minimum atomic E-state index is 0.0474. The zero-order chi connectivity index (χ0) is 20.9. The third kappa shape index (κ3) is 4.10. The molecule has 2 aromatic heterocycles. The molecule has 0 radical (unpaired) electrons. The van der Waals surface area contributed by atoms with Crippen molar-refractivity contribution in [2.75, 3.05) is 24.9 Å². The first-order chi connectivity index (χ1) is 14.7. The summed E-state index contributed by atoms with van der Waals surface area (Å²) in [5.74, 6) is 2.41. The summed E-state index contributed by atoms with van der Waals surface area (Å²) in [6.07, 6.45) is 3.43. The van der Waals surface area contributed by atoms with E-state index in [0.29, 0.717) is 23.3 Å². The van der Waals surface area contributed by atoms with E-state index in [1.165, 1.54) is 0 Å². The molecule has 0 aliphatic heterocycles. The Morgan fingerprint density at radius 2 is 1.57 bits per heavy atom. The lowest BCUT2D eigenvalue weighted by Crippen LogP contribution is -2.10. The first-order valence-electron chi connectivity index (χ1n) is 9.60. The molecule has 0 fully saturated rings. The molecule has 1 atom stereocenters. The summed E-state index contributed by atoms with van der Waals surface area (Å²) in [6, 6.07) is 17.7. The number of nitrogens with zero attached hydrogens (tertiary/aromatic N) is 3. The van der Waals surface area contributed by atoms with Gasteiger partial charge in [-0.2, -0.15) is 4.98 Å². The second kappa shape index (κ2) is 8.65. The maximum absolute atomic E-state index is 5.48. The molecule has 0 saturated carbocycles. The van der Waals surface area contributed by atoms with Crippen molar-refractivity contribution in [3.05, 3.63) is 72.6 Å². The monoisotopic (exact) mass is 401 g/mol. The van der Waals surface area contributed by atoms with Gasteiger partial charge in [0, 0.05) is 35.6 Å². The molecule has 2 aromatic carbocycles. The van der Waals surface area contributed by atoms with Gasteiger partial charge in [0.25, 0.3) is 0 Å². The summed E-state index contributed by atoms with van der Waals surface area (Å²) in [7, 11) is 3.22. The van der Waals surface area contributed by atoms with Gasteiger partial charge >= 0.3 is 0 Å². The molecule has 1 unspecified atom stereocenters. The zero-order valence-electron chi connectivity index (χ0n) is 17.1. The van der Waals surface area contributed by atoms with Crippen molar-refractivity contribution in [3.63, 3.8) is 0 Å². The lowest BCUT2D eigenvalue weighted by atomic mass is 10.1. The minimum Gasteiger partial charge on any atom is -0.493 e. The lowest BCUT2D eigenvalue weighted by Gasteiger charge is -2.18. The first-order valence-corrected chi connectivity index (χ1v) is 9.60. The molecule has 30 heavy (non-hydrogen) atoms. The highest BCUT2D eigenvalue weighted by Gasteiger charge is 2.15. The van der Waals surface area contributed by atoms with Crippen molar-refractivity contribution in [1.29, 1.82) is 0 Å². The van der Waals surface area contributed by atoms with E-state index in [2.05, 4.69) is 39.7 Å². The topological polar surface area (TPSA) is 81.2 Å². The van der Waals surface area contributed by atoms with E-state index in [4.69, 9.17) is 14.5 Å². The van der Waals surface area contributed by atoms with Gasteiger partial charge in [-0.05, 0) is 30.7 Å². The maximum atomic E-state index is 5.48. The van der Waals surface area contributed by atoms with Gasteiger partial charge in [0.05, 0.1) is 19.7 Å². The molecule has 2 N–H and O–H groups in total. The van der Waals surface area contributed by atoms with Crippen molar-refractivity contribution < 1.29 is 9.47 Å². The van der Waals surface area contributed by atoms with E-state index in [1.807, 2.05) is 42.5 Å². The molecule has 0 bridgehead atoms. The van der Waals surface area contributed by atoms with Crippen molar-refractivity contribution >= 4 is 28.4 Å². The Morgan fingerprint density at radius 1 is 0.867 bits per heavy atom. The molecule has 0 amide bonds.